The minimum Gasteiger partial charge on any atom is -0.382 e. The molecule has 2 heterocycles. The first-order chi connectivity index (χ1) is 7.86. The van der Waals surface area contributed by atoms with Gasteiger partial charge in [0.1, 0.15) is 5.82 Å². The van der Waals surface area contributed by atoms with Gasteiger partial charge in [-0.15, -0.1) is 0 Å². The van der Waals surface area contributed by atoms with E-state index in [-0.39, 0.29) is 0 Å². The molecule has 3 rings (SSSR count). The first-order valence-corrected chi connectivity index (χ1v) is 7.45. The van der Waals surface area contributed by atoms with Crippen LogP contribution in [0.3, 0.4) is 0 Å². The molecule has 0 spiro atoms. The number of nitrogens with two attached hydrogens (primary N) is 1. The van der Waals surface area contributed by atoms with Crippen LogP contribution in [0, 0.1) is 0 Å². The number of aromatic nitrogens is 2. The first kappa shape index (κ1) is 10.5. The summed E-state index contributed by atoms with van der Waals surface area (Å²) in [5.41, 5.74) is 8.83. The molecule has 0 unspecified atom stereocenters. The second kappa shape index (κ2) is 4.32. The third-order valence-electron chi connectivity index (χ3n) is 3.78. The number of hydrogen-bond donors (Lipinski definition) is 1. The van der Waals surface area contributed by atoms with Crippen molar-refractivity contribution in [3.63, 3.8) is 0 Å². The fourth-order valence-corrected chi connectivity index (χ4v) is 3.97. The minimum absolute atomic E-state index is 0.616. The van der Waals surface area contributed by atoms with Crippen molar-refractivity contribution in [3.8, 4) is 0 Å². The molecule has 1 aromatic rings. The van der Waals surface area contributed by atoms with Crippen LogP contribution in [0.5, 0.6) is 0 Å². The Morgan fingerprint density at radius 2 is 1.94 bits per heavy atom. The van der Waals surface area contributed by atoms with Crippen LogP contribution in [-0.2, 0) is 12.8 Å². The largest absolute Gasteiger partial charge is 0.382 e. The molecule has 0 aromatic carbocycles. The van der Waals surface area contributed by atoms with Gasteiger partial charge in [0.05, 0.1) is 6.04 Å². The zero-order valence-corrected chi connectivity index (χ0v) is 10.4. The van der Waals surface area contributed by atoms with Gasteiger partial charge >= 0.3 is 0 Å². The summed E-state index contributed by atoms with van der Waals surface area (Å²) in [7, 11) is 0. The number of anilines is 1. The van der Waals surface area contributed by atoms with E-state index < -0.39 is 0 Å². The van der Waals surface area contributed by atoms with E-state index in [4.69, 9.17) is 5.73 Å². The second-order valence-corrected chi connectivity index (χ2v) is 6.03. The lowest BCUT2D eigenvalue weighted by atomic mass is 9.97. The molecule has 0 radical (unpaired) electrons. The highest BCUT2D eigenvalue weighted by atomic mass is 32.2. The monoisotopic (exact) mass is 237 g/mol. The van der Waals surface area contributed by atoms with Crippen LogP contribution in [0.15, 0.2) is 0 Å². The van der Waals surface area contributed by atoms with E-state index in [1.54, 1.807) is 0 Å². The molecular formula is C12H19N3S. The van der Waals surface area contributed by atoms with Gasteiger partial charge in [-0.2, -0.15) is 16.9 Å². The van der Waals surface area contributed by atoms with Crippen LogP contribution in [0.1, 0.15) is 43.0 Å². The Morgan fingerprint density at radius 3 is 2.75 bits per heavy atom. The van der Waals surface area contributed by atoms with E-state index in [0.29, 0.717) is 6.04 Å². The van der Waals surface area contributed by atoms with Crippen molar-refractivity contribution in [3.05, 3.63) is 11.3 Å². The lowest BCUT2D eigenvalue weighted by Gasteiger charge is -2.25. The molecule has 1 saturated heterocycles. The summed E-state index contributed by atoms with van der Waals surface area (Å²) >= 11 is 2.07. The van der Waals surface area contributed by atoms with E-state index in [1.807, 2.05) is 0 Å². The topological polar surface area (TPSA) is 43.8 Å². The number of nitrogens with zero attached hydrogens (tertiary/aromatic N) is 2. The molecule has 16 heavy (non-hydrogen) atoms. The molecule has 1 fully saturated rings. The Balaban J connectivity index is 1.93. The average molecular weight is 237 g/mol. The van der Waals surface area contributed by atoms with Crippen LogP contribution >= 0.6 is 11.8 Å². The number of hydrogen-bond acceptors (Lipinski definition) is 3. The van der Waals surface area contributed by atoms with Gasteiger partial charge in [-0.3, -0.25) is 4.68 Å². The Morgan fingerprint density at radius 1 is 1.19 bits per heavy atom. The maximum absolute atomic E-state index is 6.03. The van der Waals surface area contributed by atoms with Crippen molar-refractivity contribution < 1.29 is 0 Å². The molecule has 3 nitrogen and oxygen atoms in total. The lowest BCUT2D eigenvalue weighted by Crippen LogP contribution is -2.19. The lowest BCUT2D eigenvalue weighted by molar-refractivity contribution is 0.408. The zero-order valence-electron chi connectivity index (χ0n) is 9.61. The van der Waals surface area contributed by atoms with E-state index in [1.165, 1.54) is 54.9 Å². The minimum atomic E-state index is 0.616. The summed E-state index contributed by atoms with van der Waals surface area (Å²) < 4.78 is 2.27. The van der Waals surface area contributed by atoms with E-state index in [9.17, 15) is 0 Å². The molecule has 0 saturated carbocycles. The maximum Gasteiger partial charge on any atom is 0.148 e. The molecule has 1 aliphatic heterocycles. The zero-order chi connectivity index (χ0) is 11.0. The van der Waals surface area contributed by atoms with Gasteiger partial charge in [-0.05, 0) is 50.0 Å². The van der Waals surface area contributed by atoms with Crippen molar-refractivity contribution in [1.82, 2.24) is 9.78 Å². The number of rotatable bonds is 1. The Kier molecular flexibility index (Phi) is 2.84. The number of thioether (sulfide) groups is 1. The SMILES string of the molecule is Nc1nn(C2CCSCC2)c2c1CCCC2. The molecule has 0 bridgehead atoms. The fourth-order valence-electron chi connectivity index (χ4n) is 2.89. The number of nitrogen functional groups attached to an aromatic ring is 1. The van der Waals surface area contributed by atoms with Crippen molar-refractivity contribution in [1.29, 1.82) is 0 Å². The summed E-state index contributed by atoms with van der Waals surface area (Å²) in [6.45, 7) is 0. The molecule has 1 aliphatic carbocycles. The van der Waals surface area contributed by atoms with Gasteiger partial charge in [0, 0.05) is 11.3 Å². The van der Waals surface area contributed by atoms with E-state index >= 15 is 0 Å². The van der Waals surface area contributed by atoms with Crippen molar-refractivity contribution >= 4 is 17.6 Å². The third-order valence-corrected chi connectivity index (χ3v) is 4.83. The third kappa shape index (κ3) is 1.73. The summed E-state index contributed by atoms with van der Waals surface area (Å²) in [5, 5.41) is 4.60. The molecule has 4 heteroatoms. The fraction of sp³-hybridized carbons (Fsp3) is 0.750. The highest BCUT2D eigenvalue weighted by Crippen LogP contribution is 2.33. The molecule has 0 amide bonds. The normalized spacial score (nSPS) is 22.0. The van der Waals surface area contributed by atoms with Crippen LogP contribution in [-0.4, -0.2) is 21.3 Å². The van der Waals surface area contributed by atoms with Gasteiger partial charge in [-0.25, -0.2) is 0 Å². The average Bonchev–Trinajstić information content (AvgIpc) is 2.69. The van der Waals surface area contributed by atoms with Gasteiger partial charge in [-0.1, -0.05) is 0 Å². The molecular weight excluding hydrogens is 218 g/mol. The molecule has 0 atom stereocenters. The quantitative estimate of drug-likeness (QED) is 0.815. The van der Waals surface area contributed by atoms with E-state index in [0.717, 1.165) is 12.2 Å². The van der Waals surface area contributed by atoms with E-state index in [2.05, 4.69) is 21.5 Å². The van der Waals surface area contributed by atoms with Gasteiger partial charge in [0.15, 0.2) is 0 Å². The molecule has 2 aliphatic rings. The second-order valence-electron chi connectivity index (χ2n) is 4.81. The summed E-state index contributed by atoms with van der Waals surface area (Å²) in [6.07, 6.45) is 7.44. The molecule has 1 aromatic heterocycles. The smallest absolute Gasteiger partial charge is 0.148 e. The van der Waals surface area contributed by atoms with Gasteiger partial charge in [0.2, 0.25) is 0 Å². The van der Waals surface area contributed by atoms with Crippen molar-refractivity contribution in [2.24, 2.45) is 0 Å². The Bertz CT molecular complexity index is 380. The Hall–Kier alpha value is -0.640. The van der Waals surface area contributed by atoms with Gasteiger partial charge in [0.25, 0.3) is 0 Å². The maximum atomic E-state index is 6.03. The van der Waals surface area contributed by atoms with Crippen LogP contribution < -0.4 is 5.73 Å². The summed E-state index contributed by atoms with van der Waals surface area (Å²) in [4.78, 5) is 0. The van der Waals surface area contributed by atoms with Crippen molar-refractivity contribution in [2.45, 2.75) is 44.6 Å². The molecule has 2 N–H and O–H groups in total. The first-order valence-electron chi connectivity index (χ1n) is 6.30. The Labute approximate surface area is 101 Å². The predicted octanol–water partition coefficient (Wildman–Crippen LogP) is 2.41. The highest BCUT2D eigenvalue weighted by Gasteiger charge is 2.24. The molecule has 88 valence electrons. The van der Waals surface area contributed by atoms with Gasteiger partial charge < -0.3 is 5.73 Å². The van der Waals surface area contributed by atoms with Crippen LogP contribution in [0.2, 0.25) is 0 Å². The van der Waals surface area contributed by atoms with Crippen molar-refractivity contribution in [2.75, 3.05) is 17.2 Å². The standard InChI is InChI=1S/C12H19N3S/c13-12-10-3-1-2-4-11(10)15(14-12)9-5-7-16-8-6-9/h9H,1-8H2,(H2,13,14). The summed E-state index contributed by atoms with van der Waals surface area (Å²) in [6, 6.07) is 0.616. The highest BCUT2D eigenvalue weighted by molar-refractivity contribution is 7.99. The predicted molar refractivity (Wildman–Crippen MR) is 68.9 cm³/mol. The van der Waals surface area contributed by atoms with Crippen LogP contribution in [0.25, 0.3) is 0 Å². The number of fused-ring (bicyclic) bond motifs is 1. The summed E-state index contributed by atoms with van der Waals surface area (Å²) in [5.74, 6) is 3.35. The van der Waals surface area contributed by atoms with Crippen LogP contribution in [0.4, 0.5) is 5.82 Å².